The average molecular weight is 373 g/mol. The molecule has 1 fully saturated rings. The molecule has 0 N–H and O–H groups in total. The minimum atomic E-state index is -0.533. The first kappa shape index (κ1) is 15.4. The molecule has 0 bridgehead atoms. The van der Waals surface area contributed by atoms with Crippen LogP contribution >= 0.6 is 0 Å². The van der Waals surface area contributed by atoms with Crippen molar-refractivity contribution in [2.45, 2.75) is 24.6 Å². The molecule has 1 aliphatic carbocycles. The van der Waals surface area contributed by atoms with Crippen LogP contribution in [-0.2, 0) is 10.3 Å². The number of aromatic nitrogens is 5. The van der Waals surface area contributed by atoms with Crippen molar-refractivity contribution in [3.63, 3.8) is 0 Å². The Kier molecular flexibility index (Phi) is 2.84. The maximum atomic E-state index is 9.52. The van der Waals surface area contributed by atoms with Crippen LogP contribution in [0, 0.1) is 11.5 Å². The molecule has 3 aliphatic rings. The maximum Gasteiger partial charge on any atom is 0.208 e. The summed E-state index contributed by atoms with van der Waals surface area (Å²) in [5, 5.41) is 21.7. The van der Waals surface area contributed by atoms with Gasteiger partial charge in [0.05, 0.1) is 11.9 Å². The van der Waals surface area contributed by atoms with Crippen molar-refractivity contribution in [1.82, 2.24) is 24.5 Å². The number of hydrogen-bond donors (Lipinski definition) is 0. The Labute approximate surface area is 159 Å². The number of imidazole rings is 1. The van der Waals surface area contributed by atoms with Gasteiger partial charge in [-0.15, -0.1) is 9.78 Å². The number of methoxy groups -OCH3 is 1. The van der Waals surface area contributed by atoms with E-state index in [9.17, 15) is 5.26 Å². The Morgan fingerprint density at radius 3 is 2.93 bits per heavy atom. The first-order chi connectivity index (χ1) is 13.8. The van der Waals surface area contributed by atoms with Gasteiger partial charge < -0.3 is 4.74 Å². The van der Waals surface area contributed by atoms with Crippen LogP contribution in [0.1, 0.15) is 30.3 Å². The van der Waals surface area contributed by atoms with Crippen LogP contribution in [0.2, 0.25) is 0 Å². The number of nitriles is 1. The summed E-state index contributed by atoms with van der Waals surface area (Å²) in [7, 11) is 1.65. The molecular weight excluding hydrogens is 358 g/mol. The molecule has 1 saturated carbocycles. The smallest absolute Gasteiger partial charge is 0.208 e. The van der Waals surface area contributed by atoms with E-state index in [1.54, 1.807) is 26.0 Å². The van der Waals surface area contributed by atoms with Crippen molar-refractivity contribution in [1.29, 1.82) is 5.26 Å². The third kappa shape index (κ3) is 1.78. The third-order valence-electron chi connectivity index (χ3n) is 5.60. The summed E-state index contributed by atoms with van der Waals surface area (Å²) < 4.78 is 8.98. The van der Waals surface area contributed by atoms with Crippen LogP contribution in [0.15, 0.2) is 41.8 Å². The van der Waals surface area contributed by atoms with E-state index in [-0.39, 0.29) is 6.17 Å². The fourth-order valence-electron chi connectivity index (χ4n) is 4.08. The zero-order valence-corrected chi connectivity index (χ0v) is 15.0. The van der Waals surface area contributed by atoms with Gasteiger partial charge in [-0.1, -0.05) is 18.2 Å². The number of nitrogens with zero attached hydrogens (tertiary/aromatic N) is 9. The van der Waals surface area contributed by atoms with Crippen LogP contribution < -0.4 is 10.0 Å². The minimum Gasteiger partial charge on any atom is -0.372 e. The van der Waals surface area contributed by atoms with Gasteiger partial charge in [0, 0.05) is 12.7 Å². The highest BCUT2D eigenvalue weighted by Crippen LogP contribution is 2.52. The molecule has 28 heavy (non-hydrogen) atoms. The van der Waals surface area contributed by atoms with Gasteiger partial charge in [0.15, 0.2) is 12.0 Å². The number of fused-ring (bicyclic) bond motifs is 6. The molecule has 4 heterocycles. The Hall–Kier alpha value is -3.71. The normalized spacial score (nSPS) is 20.5. The van der Waals surface area contributed by atoms with Gasteiger partial charge in [-0.2, -0.15) is 5.26 Å². The first-order valence-corrected chi connectivity index (χ1v) is 8.92. The van der Waals surface area contributed by atoms with E-state index < -0.39 is 5.60 Å². The van der Waals surface area contributed by atoms with Gasteiger partial charge in [-0.3, -0.25) is 4.57 Å². The molecule has 138 valence electrons. The quantitative estimate of drug-likeness (QED) is 0.689. The van der Waals surface area contributed by atoms with Gasteiger partial charge in [-0.05, 0) is 24.1 Å². The number of ether oxygens (including phenoxy) is 1. The number of aliphatic imine (C=N–C) groups is 1. The molecule has 1 unspecified atom stereocenters. The average Bonchev–Trinajstić information content (AvgIpc) is 3.10. The Balaban J connectivity index is 1.53. The lowest BCUT2D eigenvalue weighted by Gasteiger charge is -2.37. The van der Waals surface area contributed by atoms with Crippen molar-refractivity contribution in [3.8, 4) is 11.9 Å². The zero-order chi connectivity index (χ0) is 18.9. The van der Waals surface area contributed by atoms with Crippen LogP contribution in [0.3, 0.4) is 0 Å². The Morgan fingerprint density at radius 2 is 2.14 bits per heavy atom. The number of anilines is 2. The van der Waals surface area contributed by atoms with Gasteiger partial charge in [-0.25, -0.2) is 20.0 Å². The number of para-hydroxylation sites is 1. The molecule has 6 rings (SSSR count). The monoisotopic (exact) mass is 373 g/mol. The predicted octanol–water partition coefficient (Wildman–Crippen LogP) is 1.71. The van der Waals surface area contributed by atoms with Crippen LogP contribution in [0.5, 0.6) is 0 Å². The molecule has 2 aliphatic heterocycles. The van der Waals surface area contributed by atoms with E-state index in [1.807, 2.05) is 26.7 Å². The summed E-state index contributed by atoms with van der Waals surface area (Å²) in [4.78, 5) is 9.06. The van der Waals surface area contributed by atoms with Crippen LogP contribution in [-0.4, -0.2) is 38.0 Å². The van der Waals surface area contributed by atoms with Gasteiger partial charge >= 0.3 is 0 Å². The molecule has 1 aromatic carbocycles. The number of benzene rings is 1. The number of hydrazine groups is 1. The van der Waals surface area contributed by atoms with Gasteiger partial charge in [0.25, 0.3) is 0 Å². The summed E-state index contributed by atoms with van der Waals surface area (Å²) >= 11 is 0. The molecule has 10 heteroatoms. The molecule has 3 aromatic rings. The van der Waals surface area contributed by atoms with Crippen LogP contribution in [0.25, 0.3) is 5.69 Å². The van der Waals surface area contributed by atoms with E-state index in [4.69, 9.17) is 9.73 Å². The van der Waals surface area contributed by atoms with E-state index >= 15 is 0 Å². The summed E-state index contributed by atoms with van der Waals surface area (Å²) in [6.07, 6.45) is 8.78. The van der Waals surface area contributed by atoms with Crippen molar-refractivity contribution in [3.05, 3.63) is 48.0 Å². The van der Waals surface area contributed by atoms with Crippen molar-refractivity contribution in [2.24, 2.45) is 4.99 Å². The van der Waals surface area contributed by atoms with E-state index in [2.05, 4.69) is 33.6 Å². The van der Waals surface area contributed by atoms with Crippen molar-refractivity contribution in [2.75, 3.05) is 17.1 Å². The highest BCUT2D eigenvalue weighted by atomic mass is 16.5. The fraction of sp³-hybridized carbons (Fsp3) is 0.278. The van der Waals surface area contributed by atoms with Crippen LogP contribution in [0.4, 0.5) is 11.6 Å². The topological polar surface area (TPSA) is 100 Å². The lowest BCUT2D eigenvalue weighted by molar-refractivity contribution is 0.0736. The van der Waals surface area contributed by atoms with Crippen molar-refractivity contribution >= 4 is 18.0 Å². The predicted molar refractivity (Wildman–Crippen MR) is 98.7 cm³/mol. The first-order valence-electron chi connectivity index (χ1n) is 8.92. The molecule has 10 nitrogen and oxygen atoms in total. The highest BCUT2D eigenvalue weighted by Gasteiger charge is 2.52. The molecule has 0 amide bonds. The standard InChI is InChI=1S/C18H15N9O/c1-28-18(6-7-18)15-17(22-23-25(15)9-19)26-11-21-16-12-4-2-3-5-13(12)24-10-20-8-14(24)27(16)26/h2-5,8,10-11,16H,6-7H2,1H3. The molecule has 0 saturated heterocycles. The third-order valence-corrected chi connectivity index (χ3v) is 5.60. The highest BCUT2D eigenvalue weighted by molar-refractivity contribution is 5.87. The molecular formula is C18H15N9O. The molecule has 0 spiro atoms. The largest absolute Gasteiger partial charge is 0.372 e. The van der Waals surface area contributed by atoms with E-state index in [1.165, 1.54) is 4.68 Å². The second-order valence-corrected chi connectivity index (χ2v) is 6.98. The van der Waals surface area contributed by atoms with Gasteiger partial charge in [0.1, 0.15) is 24.0 Å². The second-order valence-electron chi connectivity index (χ2n) is 6.98. The van der Waals surface area contributed by atoms with Gasteiger partial charge in [0.2, 0.25) is 12.0 Å². The molecule has 2 aromatic heterocycles. The van der Waals surface area contributed by atoms with E-state index in [0.29, 0.717) is 11.5 Å². The lowest BCUT2D eigenvalue weighted by atomic mass is 10.1. The molecule has 1 atom stereocenters. The number of rotatable bonds is 3. The lowest BCUT2D eigenvalue weighted by Crippen LogP contribution is -2.43. The number of hydrogen-bond acceptors (Lipinski definition) is 8. The summed E-state index contributed by atoms with van der Waals surface area (Å²) in [6.45, 7) is 0. The summed E-state index contributed by atoms with van der Waals surface area (Å²) in [5.41, 5.74) is 2.23. The maximum absolute atomic E-state index is 9.52. The second kappa shape index (κ2) is 5.17. The van der Waals surface area contributed by atoms with Crippen molar-refractivity contribution < 1.29 is 4.74 Å². The Morgan fingerprint density at radius 1 is 1.29 bits per heavy atom. The minimum absolute atomic E-state index is 0.238. The fourth-order valence-corrected chi connectivity index (χ4v) is 4.08. The molecule has 0 radical (unpaired) electrons. The van der Waals surface area contributed by atoms with E-state index in [0.717, 1.165) is 29.9 Å². The Bertz CT molecular complexity index is 1170. The summed E-state index contributed by atoms with van der Waals surface area (Å²) in [6, 6.07) is 8.11. The SMILES string of the molecule is COC1(c2c(N3C=NC4c5ccccc5-n5cncc5N43)nnn2C#N)CC1. The summed E-state index contributed by atoms with van der Waals surface area (Å²) in [5.74, 6) is 1.40. The zero-order valence-electron chi connectivity index (χ0n) is 15.0.